The molecule has 2 rings (SSSR count). The fourth-order valence-electron chi connectivity index (χ4n) is 3.06. The summed E-state index contributed by atoms with van der Waals surface area (Å²) in [5.74, 6) is 0.780. The van der Waals surface area contributed by atoms with Crippen LogP contribution in [0.25, 0.3) is 0 Å². The van der Waals surface area contributed by atoms with Gasteiger partial charge in [0.1, 0.15) is 11.8 Å². The molecule has 1 unspecified atom stereocenters. The first-order valence-corrected chi connectivity index (χ1v) is 12.0. The zero-order valence-electron chi connectivity index (χ0n) is 19.3. The van der Waals surface area contributed by atoms with E-state index in [2.05, 4.69) is 35.1 Å². The van der Waals surface area contributed by atoms with Crippen LogP contribution in [0, 0.1) is 5.92 Å². The number of ether oxygens (including phenoxy) is 1. The summed E-state index contributed by atoms with van der Waals surface area (Å²) in [5.41, 5.74) is 1.94. The highest BCUT2D eigenvalue weighted by Gasteiger charge is 2.27. The Morgan fingerprint density at radius 2 is 1.78 bits per heavy atom. The van der Waals surface area contributed by atoms with Crippen LogP contribution in [0.2, 0.25) is 5.02 Å². The molecule has 0 fully saturated rings. The van der Waals surface area contributed by atoms with Crippen molar-refractivity contribution in [1.29, 1.82) is 0 Å². The first kappa shape index (κ1) is 26.2. The van der Waals surface area contributed by atoms with Gasteiger partial charge in [0.2, 0.25) is 5.91 Å². The van der Waals surface area contributed by atoms with Crippen LogP contribution in [-0.2, 0) is 16.1 Å². The van der Waals surface area contributed by atoms with Crippen LogP contribution in [0.5, 0.6) is 5.75 Å². The molecule has 0 aromatic heterocycles. The average molecular weight is 524 g/mol. The van der Waals surface area contributed by atoms with Crippen molar-refractivity contribution in [3.05, 3.63) is 63.1 Å². The summed E-state index contributed by atoms with van der Waals surface area (Å²) in [6.07, 6.45) is 0. The highest BCUT2D eigenvalue weighted by atomic mass is 79.9. The van der Waals surface area contributed by atoms with Crippen molar-refractivity contribution in [2.45, 2.75) is 53.1 Å². The molecule has 5 nitrogen and oxygen atoms in total. The molecule has 32 heavy (non-hydrogen) atoms. The van der Waals surface area contributed by atoms with E-state index in [0.717, 1.165) is 10.0 Å². The molecule has 174 valence electrons. The summed E-state index contributed by atoms with van der Waals surface area (Å²) < 4.78 is 6.60. The van der Waals surface area contributed by atoms with E-state index in [1.807, 2.05) is 50.2 Å². The Morgan fingerprint density at radius 3 is 2.38 bits per heavy atom. The Labute approximate surface area is 204 Å². The fraction of sp³-hybridized carbons (Fsp3) is 0.440. The number of benzene rings is 2. The summed E-state index contributed by atoms with van der Waals surface area (Å²) >= 11 is 9.84. The van der Waals surface area contributed by atoms with Crippen molar-refractivity contribution in [1.82, 2.24) is 10.2 Å². The first-order valence-electron chi connectivity index (χ1n) is 10.8. The second kappa shape index (κ2) is 12.3. The van der Waals surface area contributed by atoms with Crippen molar-refractivity contribution in [3.8, 4) is 5.75 Å². The maximum absolute atomic E-state index is 13.2. The van der Waals surface area contributed by atoms with Crippen LogP contribution in [-0.4, -0.2) is 35.9 Å². The van der Waals surface area contributed by atoms with Gasteiger partial charge >= 0.3 is 0 Å². The maximum Gasteiger partial charge on any atom is 0.261 e. The van der Waals surface area contributed by atoms with E-state index in [0.29, 0.717) is 29.2 Å². The number of carbonyl (C=O) groups is 2. The Hall–Kier alpha value is -2.05. The number of carbonyl (C=O) groups excluding carboxylic acids is 2. The summed E-state index contributed by atoms with van der Waals surface area (Å²) in [5, 5.41) is 3.45. The van der Waals surface area contributed by atoms with E-state index in [4.69, 9.17) is 16.3 Å². The van der Waals surface area contributed by atoms with Gasteiger partial charge in [-0.1, -0.05) is 63.6 Å². The van der Waals surface area contributed by atoms with Gasteiger partial charge in [0.25, 0.3) is 5.91 Å². The van der Waals surface area contributed by atoms with Gasteiger partial charge in [-0.15, -0.1) is 0 Å². The number of rotatable bonds is 10. The van der Waals surface area contributed by atoms with Crippen molar-refractivity contribution in [2.24, 2.45) is 5.92 Å². The van der Waals surface area contributed by atoms with Crippen LogP contribution in [0.15, 0.2) is 46.9 Å². The van der Waals surface area contributed by atoms with Crippen LogP contribution in [0.4, 0.5) is 0 Å². The van der Waals surface area contributed by atoms with E-state index in [9.17, 15) is 9.59 Å². The molecule has 1 N–H and O–H groups in total. The zero-order valence-corrected chi connectivity index (χ0v) is 21.7. The second-order valence-corrected chi connectivity index (χ2v) is 9.82. The molecule has 2 amide bonds. The molecule has 0 aliphatic heterocycles. The number of amides is 2. The van der Waals surface area contributed by atoms with Crippen LogP contribution in [0.3, 0.4) is 0 Å². The van der Waals surface area contributed by atoms with E-state index >= 15 is 0 Å². The topological polar surface area (TPSA) is 58.6 Å². The summed E-state index contributed by atoms with van der Waals surface area (Å²) in [7, 11) is 0. The van der Waals surface area contributed by atoms with Crippen LogP contribution < -0.4 is 10.1 Å². The molecule has 0 aliphatic rings. The third-order valence-electron chi connectivity index (χ3n) is 5.12. The highest BCUT2D eigenvalue weighted by Crippen LogP contribution is 2.29. The molecule has 0 bridgehead atoms. The standard InChI is InChI=1S/C25H32BrClN2O3/c1-16(2)13-28-25(31)18(5)29(14-20-8-6-7-9-22(20)27)24(30)15-32-23-11-10-19(17(3)4)12-21(23)26/h6-12,16-18H,13-15H2,1-5H3,(H,28,31). The lowest BCUT2D eigenvalue weighted by atomic mass is 10.0. The minimum Gasteiger partial charge on any atom is -0.483 e. The number of halogens is 2. The molecule has 7 heteroatoms. The lowest BCUT2D eigenvalue weighted by molar-refractivity contribution is -0.142. The van der Waals surface area contributed by atoms with Crippen molar-refractivity contribution in [2.75, 3.05) is 13.2 Å². The Balaban J connectivity index is 2.17. The van der Waals surface area contributed by atoms with Gasteiger partial charge in [0.15, 0.2) is 6.61 Å². The molecule has 0 heterocycles. The Bertz CT molecular complexity index is 933. The first-order chi connectivity index (χ1) is 15.1. The van der Waals surface area contributed by atoms with Gasteiger partial charge in [-0.05, 0) is 64.0 Å². The fourth-order valence-corrected chi connectivity index (χ4v) is 3.77. The number of hydrogen-bond acceptors (Lipinski definition) is 3. The van der Waals surface area contributed by atoms with Gasteiger partial charge in [0.05, 0.1) is 4.47 Å². The molecular formula is C25H32BrClN2O3. The number of hydrogen-bond donors (Lipinski definition) is 1. The molecule has 1 atom stereocenters. The molecule has 0 saturated heterocycles. The number of nitrogens with one attached hydrogen (secondary N) is 1. The summed E-state index contributed by atoms with van der Waals surface area (Å²) in [4.78, 5) is 27.4. The molecule has 2 aromatic rings. The average Bonchev–Trinajstić information content (AvgIpc) is 2.75. The molecule has 2 aromatic carbocycles. The third-order valence-corrected chi connectivity index (χ3v) is 6.11. The lowest BCUT2D eigenvalue weighted by Gasteiger charge is -2.29. The minimum atomic E-state index is -0.673. The van der Waals surface area contributed by atoms with Crippen molar-refractivity contribution in [3.63, 3.8) is 0 Å². The predicted octanol–water partition coefficient (Wildman–Crippen LogP) is 5.79. The monoisotopic (exact) mass is 522 g/mol. The molecule has 0 saturated carbocycles. The van der Waals surface area contributed by atoms with E-state index < -0.39 is 6.04 Å². The van der Waals surface area contributed by atoms with Gasteiger partial charge in [0, 0.05) is 18.1 Å². The summed E-state index contributed by atoms with van der Waals surface area (Å²) in [6.45, 7) is 10.6. The van der Waals surface area contributed by atoms with E-state index in [1.54, 1.807) is 13.0 Å². The Morgan fingerprint density at radius 1 is 1.09 bits per heavy atom. The SMILES string of the molecule is CC(C)CNC(=O)C(C)N(Cc1ccccc1Cl)C(=O)COc1ccc(C(C)C)cc1Br. The normalized spacial score (nSPS) is 12.0. The largest absolute Gasteiger partial charge is 0.483 e. The zero-order chi connectivity index (χ0) is 23.8. The van der Waals surface area contributed by atoms with Gasteiger partial charge in [-0.2, -0.15) is 0 Å². The highest BCUT2D eigenvalue weighted by molar-refractivity contribution is 9.10. The number of nitrogens with zero attached hydrogens (tertiary/aromatic N) is 1. The molecule has 0 aliphatic carbocycles. The lowest BCUT2D eigenvalue weighted by Crippen LogP contribution is -2.49. The van der Waals surface area contributed by atoms with E-state index in [-0.39, 0.29) is 25.0 Å². The van der Waals surface area contributed by atoms with Crippen molar-refractivity contribution >= 4 is 39.3 Å². The van der Waals surface area contributed by atoms with Crippen LogP contribution >= 0.6 is 27.5 Å². The Kier molecular flexibility index (Phi) is 10.0. The predicted molar refractivity (Wildman–Crippen MR) is 133 cm³/mol. The molecule has 0 radical (unpaired) electrons. The van der Waals surface area contributed by atoms with Gasteiger partial charge in [-0.3, -0.25) is 9.59 Å². The van der Waals surface area contributed by atoms with Gasteiger partial charge < -0.3 is 15.0 Å². The molecular weight excluding hydrogens is 492 g/mol. The third kappa shape index (κ3) is 7.52. The summed E-state index contributed by atoms with van der Waals surface area (Å²) in [6, 6.07) is 12.5. The quantitative estimate of drug-likeness (QED) is 0.428. The second-order valence-electron chi connectivity index (χ2n) is 8.56. The van der Waals surface area contributed by atoms with Crippen LogP contribution in [0.1, 0.15) is 51.7 Å². The van der Waals surface area contributed by atoms with Gasteiger partial charge in [-0.25, -0.2) is 0 Å². The maximum atomic E-state index is 13.2. The van der Waals surface area contributed by atoms with Crippen molar-refractivity contribution < 1.29 is 14.3 Å². The molecule has 0 spiro atoms. The van der Waals surface area contributed by atoms with E-state index in [1.165, 1.54) is 10.5 Å². The minimum absolute atomic E-state index is 0.189. The smallest absolute Gasteiger partial charge is 0.261 e.